The fraction of sp³-hybridized carbons (Fsp3) is 0.750. The smallest absolute Gasteiger partial charge is 0.0678 e. The lowest BCUT2D eigenvalue weighted by Gasteiger charge is -2.27. The van der Waals surface area contributed by atoms with Crippen LogP contribution in [0.15, 0.2) is 12.2 Å². The molecule has 0 amide bonds. The number of nitrogens with zero attached hydrogens (tertiary/aromatic N) is 2. The molecule has 2 heteroatoms. The highest BCUT2D eigenvalue weighted by atomic mass is 15.1. The summed E-state index contributed by atoms with van der Waals surface area (Å²) in [5.41, 5.74) is 0. The second kappa shape index (κ2) is 5.17. The normalized spacial score (nSPS) is 27.7. The van der Waals surface area contributed by atoms with Gasteiger partial charge in [-0.15, -0.1) is 0 Å². The van der Waals surface area contributed by atoms with E-state index in [9.17, 15) is 5.26 Å². The molecule has 1 rings (SSSR count). The van der Waals surface area contributed by atoms with E-state index in [1.807, 2.05) is 13.0 Å². The molecule has 0 radical (unpaired) electrons. The van der Waals surface area contributed by atoms with Crippen LogP contribution in [0.5, 0.6) is 0 Å². The Morgan fingerprint density at radius 2 is 2.29 bits per heavy atom. The molecule has 1 heterocycles. The Kier molecular flexibility index (Phi) is 4.16. The summed E-state index contributed by atoms with van der Waals surface area (Å²) in [7, 11) is 2.13. The first-order valence-corrected chi connectivity index (χ1v) is 5.43. The fourth-order valence-corrected chi connectivity index (χ4v) is 2.37. The molecule has 0 spiro atoms. The molecule has 1 saturated heterocycles. The molecular weight excluding hydrogens is 172 g/mol. The minimum Gasteiger partial charge on any atom is -0.302 e. The van der Waals surface area contributed by atoms with Gasteiger partial charge in [0.2, 0.25) is 0 Å². The summed E-state index contributed by atoms with van der Waals surface area (Å²) in [5, 5.41) is 9.19. The minimum atomic E-state index is 0.152. The van der Waals surface area contributed by atoms with Crippen LogP contribution in [0, 0.1) is 23.2 Å². The molecule has 1 aliphatic rings. The van der Waals surface area contributed by atoms with Gasteiger partial charge >= 0.3 is 0 Å². The van der Waals surface area contributed by atoms with Gasteiger partial charge in [0.15, 0.2) is 0 Å². The number of nitriles is 1. The Morgan fingerprint density at radius 3 is 2.71 bits per heavy atom. The van der Waals surface area contributed by atoms with Gasteiger partial charge < -0.3 is 4.90 Å². The van der Waals surface area contributed by atoms with Crippen molar-refractivity contribution in [1.82, 2.24) is 4.90 Å². The number of hydrogen-bond donors (Lipinski definition) is 0. The average molecular weight is 192 g/mol. The van der Waals surface area contributed by atoms with Crippen molar-refractivity contribution < 1.29 is 0 Å². The fourth-order valence-electron chi connectivity index (χ4n) is 2.37. The summed E-state index contributed by atoms with van der Waals surface area (Å²) < 4.78 is 0. The number of allylic oxidation sites excluding steroid dienone is 2. The summed E-state index contributed by atoms with van der Waals surface area (Å²) in [4.78, 5) is 2.33. The van der Waals surface area contributed by atoms with E-state index in [0.29, 0.717) is 12.0 Å². The molecule has 1 aliphatic heterocycles. The van der Waals surface area contributed by atoms with Crippen LogP contribution >= 0.6 is 0 Å². The molecule has 78 valence electrons. The molecule has 1 fully saturated rings. The molecule has 14 heavy (non-hydrogen) atoms. The Morgan fingerprint density at radius 1 is 1.57 bits per heavy atom. The molecule has 2 nitrogen and oxygen atoms in total. The lowest BCUT2D eigenvalue weighted by molar-refractivity contribution is 0.234. The van der Waals surface area contributed by atoms with Gasteiger partial charge in [-0.1, -0.05) is 19.1 Å². The first kappa shape index (κ1) is 11.3. The van der Waals surface area contributed by atoms with E-state index in [1.54, 1.807) is 0 Å². The summed E-state index contributed by atoms with van der Waals surface area (Å²) >= 11 is 0. The average Bonchev–Trinajstić information content (AvgIpc) is 2.54. The Hall–Kier alpha value is -0.810. The Balaban J connectivity index is 2.66. The first-order chi connectivity index (χ1) is 6.70. The number of rotatable bonds is 3. The Bertz CT molecular complexity index is 239. The summed E-state index contributed by atoms with van der Waals surface area (Å²) in [6.45, 7) is 5.30. The maximum atomic E-state index is 9.19. The van der Waals surface area contributed by atoms with Crippen molar-refractivity contribution in [3.05, 3.63) is 12.2 Å². The molecule has 0 saturated carbocycles. The zero-order valence-electron chi connectivity index (χ0n) is 9.40. The van der Waals surface area contributed by atoms with Crippen LogP contribution in [0.2, 0.25) is 0 Å². The second-order valence-corrected chi connectivity index (χ2v) is 4.23. The van der Waals surface area contributed by atoms with Gasteiger partial charge in [-0.25, -0.2) is 0 Å². The van der Waals surface area contributed by atoms with Gasteiger partial charge in [-0.2, -0.15) is 5.26 Å². The third-order valence-electron chi connectivity index (χ3n) is 3.20. The lowest BCUT2D eigenvalue weighted by Crippen LogP contribution is -2.34. The van der Waals surface area contributed by atoms with Gasteiger partial charge in [-0.05, 0) is 39.3 Å². The van der Waals surface area contributed by atoms with E-state index >= 15 is 0 Å². The van der Waals surface area contributed by atoms with Gasteiger partial charge in [0.05, 0.1) is 12.0 Å². The molecule has 0 aliphatic carbocycles. The van der Waals surface area contributed by atoms with Gasteiger partial charge in [0.25, 0.3) is 0 Å². The minimum absolute atomic E-state index is 0.152. The van der Waals surface area contributed by atoms with E-state index in [0.717, 1.165) is 6.54 Å². The van der Waals surface area contributed by atoms with Crippen LogP contribution in [0.3, 0.4) is 0 Å². The van der Waals surface area contributed by atoms with Gasteiger partial charge in [0, 0.05) is 6.04 Å². The van der Waals surface area contributed by atoms with Crippen molar-refractivity contribution in [3.8, 4) is 6.07 Å². The van der Waals surface area contributed by atoms with Crippen LogP contribution in [0.4, 0.5) is 0 Å². The van der Waals surface area contributed by atoms with E-state index < -0.39 is 0 Å². The molecule has 1 unspecified atom stereocenters. The van der Waals surface area contributed by atoms with Gasteiger partial charge in [0.1, 0.15) is 0 Å². The molecular formula is C12H20N2. The van der Waals surface area contributed by atoms with Crippen molar-refractivity contribution in [3.63, 3.8) is 0 Å². The van der Waals surface area contributed by atoms with Crippen LogP contribution in [-0.4, -0.2) is 24.5 Å². The van der Waals surface area contributed by atoms with E-state index in [2.05, 4.69) is 31.0 Å². The van der Waals surface area contributed by atoms with Crippen LogP contribution < -0.4 is 0 Å². The van der Waals surface area contributed by atoms with E-state index in [-0.39, 0.29) is 5.92 Å². The predicted octanol–water partition coefficient (Wildman–Crippen LogP) is 2.43. The number of hydrogen-bond acceptors (Lipinski definition) is 2. The van der Waals surface area contributed by atoms with Crippen molar-refractivity contribution in [1.29, 1.82) is 5.26 Å². The van der Waals surface area contributed by atoms with E-state index in [4.69, 9.17) is 0 Å². The zero-order chi connectivity index (χ0) is 10.6. The standard InChI is InChI=1S/C12H20N2/c1-4-6-10(2)11(9-13)12-7-5-8-14(12)3/h4,6,10-12H,5,7-8H2,1-3H3/b6-4+/t10?,11-,12-/m0/s1. The van der Waals surface area contributed by atoms with E-state index in [1.165, 1.54) is 12.8 Å². The van der Waals surface area contributed by atoms with Crippen LogP contribution in [-0.2, 0) is 0 Å². The molecule has 0 aromatic carbocycles. The third kappa shape index (κ3) is 2.36. The highest BCUT2D eigenvalue weighted by Crippen LogP contribution is 2.27. The summed E-state index contributed by atoms with van der Waals surface area (Å²) in [6, 6.07) is 2.93. The zero-order valence-corrected chi connectivity index (χ0v) is 9.40. The van der Waals surface area contributed by atoms with Crippen LogP contribution in [0.25, 0.3) is 0 Å². The largest absolute Gasteiger partial charge is 0.302 e. The molecule has 0 aromatic rings. The number of likely N-dealkylation sites (tertiary alicyclic amines) is 1. The molecule has 0 N–H and O–H groups in total. The quantitative estimate of drug-likeness (QED) is 0.642. The lowest BCUT2D eigenvalue weighted by atomic mass is 9.87. The second-order valence-electron chi connectivity index (χ2n) is 4.23. The van der Waals surface area contributed by atoms with Crippen molar-refractivity contribution in [2.75, 3.05) is 13.6 Å². The summed E-state index contributed by atoms with van der Waals surface area (Å²) in [5.74, 6) is 0.522. The highest BCUT2D eigenvalue weighted by Gasteiger charge is 2.31. The SMILES string of the molecule is C/C=C/C(C)[C@H](C#N)[C@@H]1CCCN1C. The highest BCUT2D eigenvalue weighted by molar-refractivity contribution is 5.03. The van der Waals surface area contributed by atoms with Crippen molar-refractivity contribution >= 4 is 0 Å². The topological polar surface area (TPSA) is 27.0 Å². The Labute approximate surface area is 87.2 Å². The summed E-state index contributed by atoms with van der Waals surface area (Å²) in [6.07, 6.45) is 6.60. The molecule has 0 bridgehead atoms. The predicted molar refractivity (Wildman–Crippen MR) is 58.7 cm³/mol. The monoisotopic (exact) mass is 192 g/mol. The van der Waals surface area contributed by atoms with Crippen molar-refractivity contribution in [2.24, 2.45) is 11.8 Å². The molecule has 3 atom stereocenters. The maximum absolute atomic E-state index is 9.19. The van der Waals surface area contributed by atoms with Gasteiger partial charge in [-0.3, -0.25) is 0 Å². The van der Waals surface area contributed by atoms with Crippen molar-refractivity contribution in [2.45, 2.75) is 32.7 Å². The third-order valence-corrected chi connectivity index (χ3v) is 3.20. The maximum Gasteiger partial charge on any atom is 0.0678 e. The first-order valence-electron chi connectivity index (χ1n) is 5.43. The van der Waals surface area contributed by atoms with Crippen LogP contribution in [0.1, 0.15) is 26.7 Å². The molecule has 0 aromatic heterocycles.